The maximum Gasteiger partial charge on any atom is 0.139 e. The van der Waals surface area contributed by atoms with E-state index in [1.54, 1.807) is 0 Å². The maximum atomic E-state index is 5.45. The predicted octanol–water partition coefficient (Wildman–Crippen LogP) is 1.43. The van der Waals surface area contributed by atoms with Crippen molar-refractivity contribution in [3.8, 4) is 0 Å². The molecule has 2 aliphatic rings. The Morgan fingerprint density at radius 2 is 2.27 bits per heavy atom. The molecule has 2 atom stereocenters. The Bertz CT molecular complexity index is 198. The number of nitrogens with one attached hydrogen (secondary N) is 1. The van der Waals surface area contributed by atoms with Crippen LogP contribution in [0.1, 0.15) is 26.7 Å². The highest BCUT2D eigenvalue weighted by molar-refractivity contribution is 5.21. The molecule has 2 unspecified atom stereocenters. The van der Waals surface area contributed by atoms with Crippen LogP contribution in [0.5, 0.6) is 0 Å². The average Bonchev–Trinajstić information content (AvgIpc) is 2.73. The third kappa shape index (κ3) is 1.33. The van der Waals surface area contributed by atoms with E-state index in [0.29, 0.717) is 12.3 Å². The molecule has 2 heteroatoms. The molecule has 62 valence electrons. The smallest absolute Gasteiger partial charge is 0.139 e. The minimum absolute atomic E-state index is 0.338. The van der Waals surface area contributed by atoms with E-state index >= 15 is 0 Å². The van der Waals surface area contributed by atoms with Crippen LogP contribution in [0.25, 0.3) is 0 Å². The summed E-state index contributed by atoms with van der Waals surface area (Å²) in [6, 6.07) is 0. The fraction of sp³-hybridized carbons (Fsp3) is 0.778. The lowest BCUT2D eigenvalue weighted by Crippen LogP contribution is -2.23. The summed E-state index contributed by atoms with van der Waals surface area (Å²) in [6.45, 7) is 5.51. The predicted molar refractivity (Wildman–Crippen MR) is 44.3 cm³/mol. The molecule has 1 saturated heterocycles. The SMILES string of the molecule is CC1=C(C)C2OC2NCCC1. The zero-order valence-electron chi connectivity index (χ0n) is 7.18. The van der Waals surface area contributed by atoms with Gasteiger partial charge >= 0.3 is 0 Å². The van der Waals surface area contributed by atoms with Crippen molar-refractivity contribution in [2.75, 3.05) is 6.54 Å². The minimum atomic E-state index is 0.338. The molecule has 1 N–H and O–H groups in total. The van der Waals surface area contributed by atoms with Crippen LogP contribution in [-0.2, 0) is 4.74 Å². The van der Waals surface area contributed by atoms with Gasteiger partial charge in [-0.25, -0.2) is 0 Å². The van der Waals surface area contributed by atoms with Crippen molar-refractivity contribution < 1.29 is 4.74 Å². The molecule has 0 aromatic heterocycles. The van der Waals surface area contributed by atoms with Crippen LogP contribution in [0.2, 0.25) is 0 Å². The van der Waals surface area contributed by atoms with Crippen molar-refractivity contribution >= 4 is 0 Å². The molecule has 2 heterocycles. The quantitative estimate of drug-likeness (QED) is 0.420. The number of hydrogen-bond acceptors (Lipinski definition) is 2. The van der Waals surface area contributed by atoms with Gasteiger partial charge in [-0.1, -0.05) is 5.57 Å². The molecule has 0 aromatic rings. The first kappa shape index (κ1) is 7.32. The summed E-state index contributed by atoms with van der Waals surface area (Å²) < 4.78 is 5.45. The lowest BCUT2D eigenvalue weighted by Gasteiger charge is -2.09. The highest BCUT2D eigenvalue weighted by atomic mass is 16.6. The summed E-state index contributed by atoms with van der Waals surface area (Å²) >= 11 is 0. The first-order valence-electron chi connectivity index (χ1n) is 4.34. The summed E-state index contributed by atoms with van der Waals surface area (Å²) in [4.78, 5) is 0. The summed E-state index contributed by atoms with van der Waals surface area (Å²) in [6.07, 6.45) is 3.21. The molecule has 2 aliphatic heterocycles. The van der Waals surface area contributed by atoms with Gasteiger partial charge in [0.05, 0.1) is 0 Å². The number of epoxide rings is 1. The van der Waals surface area contributed by atoms with Gasteiger partial charge in [0.1, 0.15) is 12.3 Å². The highest BCUT2D eigenvalue weighted by Crippen LogP contribution is 2.31. The molecule has 0 amide bonds. The Morgan fingerprint density at radius 3 is 3.09 bits per heavy atom. The Labute approximate surface area is 67.6 Å². The van der Waals surface area contributed by atoms with Crippen molar-refractivity contribution in [2.24, 2.45) is 0 Å². The molecule has 0 aliphatic carbocycles. The zero-order chi connectivity index (χ0) is 7.84. The number of rotatable bonds is 0. The van der Waals surface area contributed by atoms with Crippen LogP contribution in [0, 0.1) is 0 Å². The largest absolute Gasteiger partial charge is 0.348 e. The van der Waals surface area contributed by atoms with Gasteiger partial charge < -0.3 is 4.74 Å². The lowest BCUT2D eigenvalue weighted by atomic mass is 10.0. The van der Waals surface area contributed by atoms with Crippen molar-refractivity contribution in [1.82, 2.24) is 5.32 Å². The highest BCUT2D eigenvalue weighted by Gasteiger charge is 2.40. The number of hydrogen-bond donors (Lipinski definition) is 1. The normalized spacial score (nSPS) is 37.6. The molecular weight excluding hydrogens is 138 g/mol. The molecule has 0 bridgehead atoms. The summed E-state index contributed by atoms with van der Waals surface area (Å²) in [5, 5.41) is 3.35. The summed E-state index contributed by atoms with van der Waals surface area (Å²) in [5.74, 6) is 0. The molecule has 0 radical (unpaired) electrons. The van der Waals surface area contributed by atoms with E-state index in [4.69, 9.17) is 4.74 Å². The summed E-state index contributed by atoms with van der Waals surface area (Å²) in [5.41, 5.74) is 2.97. The number of fused-ring (bicyclic) bond motifs is 1. The van der Waals surface area contributed by atoms with Crippen LogP contribution in [0.4, 0.5) is 0 Å². The van der Waals surface area contributed by atoms with Gasteiger partial charge in [0.2, 0.25) is 0 Å². The van der Waals surface area contributed by atoms with E-state index in [1.165, 1.54) is 24.0 Å². The van der Waals surface area contributed by atoms with E-state index in [-0.39, 0.29) is 0 Å². The fourth-order valence-electron chi connectivity index (χ4n) is 1.63. The van der Waals surface area contributed by atoms with Gasteiger partial charge in [0.15, 0.2) is 0 Å². The second-order valence-corrected chi connectivity index (χ2v) is 3.50. The zero-order valence-corrected chi connectivity index (χ0v) is 7.18. The third-order valence-electron chi connectivity index (χ3n) is 2.67. The molecule has 2 nitrogen and oxygen atoms in total. The summed E-state index contributed by atoms with van der Waals surface area (Å²) in [7, 11) is 0. The van der Waals surface area contributed by atoms with Crippen molar-refractivity contribution in [3.05, 3.63) is 11.1 Å². The van der Waals surface area contributed by atoms with Crippen molar-refractivity contribution in [3.63, 3.8) is 0 Å². The first-order chi connectivity index (χ1) is 5.29. The van der Waals surface area contributed by atoms with Gasteiger partial charge in [-0.3, -0.25) is 5.32 Å². The first-order valence-corrected chi connectivity index (χ1v) is 4.34. The molecule has 0 aromatic carbocycles. The Kier molecular flexibility index (Phi) is 1.74. The molecule has 0 spiro atoms. The van der Waals surface area contributed by atoms with Gasteiger partial charge in [-0.2, -0.15) is 0 Å². The molecule has 2 rings (SSSR count). The Balaban J connectivity index is 2.13. The van der Waals surface area contributed by atoms with E-state index in [1.807, 2.05) is 0 Å². The van der Waals surface area contributed by atoms with Crippen LogP contribution >= 0.6 is 0 Å². The lowest BCUT2D eigenvalue weighted by molar-refractivity contribution is 0.355. The number of allylic oxidation sites excluding steroid dienone is 1. The van der Waals surface area contributed by atoms with Crippen LogP contribution < -0.4 is 5.32 Å². The Hall–Kier alpha value is -0.340. The fourth-order valence-corrected chi connectivity index (χ4v) is 1.63. The van der Waals surface area contributed by atoms with E-state index in [2.05, 4.69) is 19.2 Å². The second-order valence-electron chi connectivity index (χ2n) is 3.50. The second kappa shape index (κ2) is 2.61. The Morgan fingerprint density at radius 1 is 1.45 bits per heavy atom. The molecule has 0 saturated carbocycles. The molecule has 1 fully saturated rings. The van der Waals surface area contributed by atoms with Gasteiger partial charge in [0, 0.05) is 0 Å². The standard InChI is InChI=1S/C9H15NO/c1-6-4-3-5-10-9-8(11-9)7(6)2/h8-10H,3-5H2,1-2H3. The van der Waals surface area contributed by atoms with E-state index in [9.17, 15) is 0 Å². The third-order valence-corrected chi connectivity index (χ3v) is 2.67. The van der Waals surface area contributed by atoms with Gasteiger partial charge in [0.25, 0.3) is 0 Å². The van der Waals surface area contributed by atoms with E-state index < -0.39 is 0 Å². The van der Waals surface area contributed by atoms with Crippen LogP contribution in [0.15, 0.2) is 11.1 Å². The maximum absolute atomic E-state index is 5.45. The average molecular weight is 153 g/mol. The minimum Gasteiger partial charge on any atom is -0.348 e. The van der Waals surface area contributed by atoms with Crippen LogP contribution in [-0.4, -0.2) is 18.9 Å². The van der Waals surface area contributed by atoms with E-state index in [0.717, 1.165) is 6.54 Å². The van der Waals surface area contributed by atoms with Crippen molar-refractivity contribution in [1.29, 1.82) is 0 Å². The van der Waals surface area contributed by atoms with Gasteiger partial charge in [-0.15, -0.1) is 0 Å². The van der Waals surface area contributed by atoms with Gasteiger partial charge in [-0.05, 0) is 38.8 Å². The number of ether oxygens (including phenoxy) is 1. The van der Waals surface area contributed by atoms with Crippen LogP contribution in [0.3, 0.4) is 0 Å². The molecule has 11 heavy (non-hydrogen) atoms. The monoisotopic (exact) mass is 153 g/mol. The van der Waals surface area contributed by atoms with Crippen molar-refractivity contribution in [2.45, 2.75) is 39.0 Å². The molecular formula is C9H15NO. The topological polar surface area (TPSA) is 24.6 Å².